The Hall–Kier alpha value is -4.08. The van der Waals surface area contributed by atoms with Crippen LogP contribution in [0.1, 0.15) is 55.0 Å². The number of esters is 1. The number of halogens is 3. The Balaban J connectivity index is 1.31. The van der Waals surface area contributed by atoms with Crippen LogP contribution in [0.15, 0.2) is 54.2 Å². The number of ketones is 1. The number of aromatic nitrogens is 1. The van der Waals surface area contributed by atoms with Gasteiger partial charge in [-0.15, -0.1) is 0 Å². The van der Waals surface area contributed by atoms with Crippen LogP contribution >= 0.6 is 0 Å². The number of hydrogen-bond donors (Lipinski definition) is 0. The number of methoxy groups -OCH3 is 1. The van der Waals surface area contributed by atoms with Gasteiger partial charge in [-0.05, 0) is 65.6 Å². The van der Waals surface area contributed by atoms with Gasteiger partial charge >= 0.3 is 12.1 Å². The molecule has 1 aliphatic carbocycles. The third kappa shape index (κ3) is 7.29. The fourth-order valence-electron chi connectivity index (χ4n) is 5.42. The second-order valence-electron chi connectivity index (χ2n) is 11.2. The number of nitrogens with zero attached hydrogens (tertiary/aromatic N) is 3. The fourth-order valence-corrected chi connectivity index (χ4v) is 5.42. The molecule has 1 saturated heterocycles. The normalized spacial score (nSPS) is 15.9. The maximum Gasteiger partial charge on any atom is 0.416 e. The van der Waals surface area contributed by atoms with Gasteiger partial charge in [-0.3, -0.25) is 14.7 Å². The van der Waals surface area contributed by atoms with Gasteiger partial charge in [0.25, 0.3) is 0 Å². The number of pyridine rings is 1. The van der Waals surface area contributed by atoms with Crippen LogP contribution < -0.4 is 0 Å². The van der Waals surface area contributed by atoms with Crippen molar-refractivity contribution in [2.75, 3.05) is 40.3 Å². The highest BCUT2D eigenvalue weighted by Gasteiger charge is 2.34. The molecule has 2 heterocycles. The highest BCUT2D eigenvalue weighted by atomic mass is 19.4. The quantitative estimate of drug-likeness (QED) is 0.242. The molecule has 0 amide bonds. The molecule has 0 unspecified atom stereocenters. The molecule has 1 fully saturated rings. The van der Waals surface area contributed by atoms with Gasteiger partial charge in [-0.25, -0.2) is 4.79 Å². The monoisotopic (exact) mass is 589 g/mol. The van der Waals surface area contributed by atoms with Gasteiger partial charge in [0.1, 0.15) is 0 Å². The summed E-state index contributed by atoms with van der Waals surface area (Å²) in [5, 5.41) is 0. The van der Waals surface area contributed by atoms with E-state index in [1.54, 1.807) is 12.3 Å². The largest absolute Gasteiger partial charge is 0.466 e. The van der Waals surface area contributed by atoms with Gasteiger partial charge < -0.3 is 9.64 Å². The highest BCUT2D eigenvalue weighted by molar-refractivity contribution is 5.98. The molecule has 0 bridgehead atoms. The van der Waals surface area contributed by atoms with Gasteiger partial charge in [0.05, 0.1) is 18.4 Å². The number of carbonyl (C=O) groups is 2. The van der Waals surface area contributed by atoms with Crippen molar-refractivity contribution >= 4 is 30.0 Å². The van der Waals surface area contributed by atoms with E-state index in [9.17, 15) is 22.8 Å². The van der Waals surface area contributed by atoms with Crippen LogP contribution in [0, 0.1) is 6.92 Å². The summed E-state index contributed by atoms with van der Waals surface area (Å²) in [6.45, 7) is 5.18. The topological polar surface area (TPSA) is 62.7 Å². The van der Waals surface area contributed by atoms with Gasteiger partial charge in [-0.1, -0.05) is 42.5 Å². The van der Waals surface area contributed by atoms with Crippen molar-refractivity contribution in [1.29, 1.82) is 0 Å². The minimum atomic E-state index is -4.55. The lowest BCUT2D eigenvalue weighted by Gasteiger charge is -2.33. The smallest absolute Gasteiger partial charge is 0.416 e. The molecule has 0 atom stereocenters. The molecule has 6 nitrogen and oxygen atoms in total. The van der Waals surface area contributed by atoms with E-state index < -0.39 is 11.7 Å². The number of rotatable bonds is 8. The number of likely N-dealkylation sites (N-methyl/N-ethyl adjacent to an activating group) is 1. The first-order valence-corrected chi connectivity index (χ1v) is 14.2. The standard InChI is InChI=1S/C34H34F3N3O3/c1-22-4-5-23(14-25(22)7-6-24-15-28-17-29(33(42)43-3)19-31(28)38-20-24)16-32(41)26-8-9-27(30(18-26)34(35,36)37)21-40-12-10-39(2)11-13-40/h4-9,14-15,17-18,20H,10-13,16,19,21H2,1-3H3. The van der Waals surface area contributed by atoms with E-state index in [0.717, 1.165) is 47.1 Å². The minimum absolute atomic E-state index is 0.0161. The summed E-state index contributed by atoms with van der Waals surface area (Å²) in [4.78, 5) is 33.7. The summed E-state index contributed by atoms with van der Waals surface area (Å²) in [6, 6.07) is 11.5. The first kappa shape index (κ1) is 30.4. The Kier molecular flexibility index (Phi) is 8.94. The van der Waals surface area contributed by atoms with Crippen LogP contribution in [0.4, 0.5) is 13.2 Å². The number of hydrogen-bond acceptors (Lipinski definition) is 6. The second-order valence-corrected chi connectivity index (χ2v) is 11.2. The molecule has 224 valence electrons. The molecular formula is C34H34F3N3O3. The van der Waals surface area contributed by atoms with Crippen LogP contribution in [-0.2, 0) is 35.1 Å². The van der Waals surface area contributed by atoms with Crippen molar-refractivity contribution in [3.05, 3.63) is 104 Å². The number of fused-ring (bicyclic) bond motifs is 1. The fraction of sp³-hybridized carbons (Fsp3) is 0.324. The van der Waals surface area contributed by atoms with Crippen molar-refractivity contribution in [2.45, 2.75) is 32.5 Å². The summed E-state index contributed by atoms with van der Waals surface area (Å²) >= 11 is 0. The minimum Gasteiger partial charge on any atom is -0.466 e. The number of aryl methyl sites for hydroxylation is 1. The number of Topliss-reactive ketones (excluding diaryl/α,β-unsaturated/α-hetero) is 1. The van der Waals surface area contributed by atoms with Crippen molar-refractivity contribution in [2.24, 2.45) is 0 Å². The molecular weight excluding hydrogens is 555 g/mol. The van der Waals surface area contributed by atoms with Gasteiger partial charge in [0.15, 0.2) is 5.78 Å². The van der Waals surface area contributed by atoms with E-state index in [4.69, 9.17) is 4.74 Å². The predicted octanol–water partition coefficient (Wildman–Crippen LogP) is 5.86. The molecule has 0 saturated carbocycles. The first-order valence-electron chi connectivity index (χ1n) is 14.2. The van der Waals surface area contributed by atoms with Gasteiger partial charge in [-0.2, -0.15) is 13.2 Å². The molecule has 0 N–H and O–H groups in total. The summed E-state index contributed by atoms with van der Waals surface area (Å²) in [6.07, 6.45) is 3.21. The van der Waals surface area contributed by atoms with Crippen LogP contribution in [-0.4, -0.2) is 66.9 Å². The third-order valence-corrected chi connectivity index (χ3v) is 8.05. The van der Waals surface area contributed by atoms with Crippen molar-refractivity contribution in [3.8, 4) is 0 Å². The zero-order chi connectivity index (χ0) is 30.7. The lowest BCUT2D eigenvalue weighted by Crippen LogP contribution is -2.44. The van der Waals surface area contributed by atoms with E-state index >= 15 is 0 Å². The SMILES string of the molecule is COC(=O)C1=Cc2cc(C=Cc3cc(CC(=O)c4ccc(CN5CCN(C)CC5)c(C(F)(F)F)c4)ccc3C)cnc2C1. The number of alkyl halides is 3. The zero-order valence-corrected chi connectivity index (χ0v) is 24.5. The maximum atomic E-state index is 14.0. The van der Waals surface area contributed by atoms with Gasteiger partial charge in [0, 0.05) is 62.9 Å². The molecule has 0 radical (unpaired) electrons. The van der Waals surface area contributed by atoms with Crippen LogP contribution in [0.25, 0.3) is 18.2 Å². The van der Waals surface area contributed by atoms with Crippen LogP contribution in [0.2, 0.25) is 0 Å². The Labute approximate surface area is 249 Å². The molecule has 2 aromatic carbocycles. The van der Waals surface area contributed by atoms with Crippen molar-refractivity contribution in [1.82, 2.24) is 14.8 Å². The van der Waals surface area contributed by atoms with Crippen LogP contribution in [0.3, 0.4) is 0 Å². The lowest BCUT2D eigenvalue weighted by molar-refractivity contribution is -0.138. The van der Waals surface area contributed by atoms with E-state index in [2.05, 4.69) is 9.88 Å². The number of ether oxygens (including phenoxy) is 1. The van der Waals surface area contributed by atoms with E-state index in [0.29, 0.717) is 30.6 Å². The molecule has 5 rings (SSSR count). The van der Waals surface area contributed by atoms with Crippen LogP contribution in [0.5, 0.6) is 0 Å². The summed E-state index contributed by atoms with van der Waals surface area (Å²) in [7, 11) is 3.35. The Bertz CT molecular complexity index is 1600. The Morgan fingerprint density at radius 2 is 1.79 bits per heavy atom. The molecule has 1 aliphatic heterocycles. The van der Waals surface area contributed by atoms with Crippen molar-refractivity contribution < 1.29 is 27.5 Å². The average molecular weight is 590 g/mol. The molecule has 43 heavy (non-hydrogen) atoms. The summed E-state index contributed by atoms with van der Waals surface area (Å²) in [5.74, 6) is -0.736. The van der Waals surface area contributed by atoms with Gasteiger partial charge in [0.2, 0.25) is 0 Å². The first-order chi connectivity index (χ1) is 20.5. The van der Waals surface area contributed by atoms with E-state index in [-0.39, 0.29) is 35.8 Å². The predicted molar refractivity (Wildman–Crippen MR) is 160 cm³/mol. The van der Waals surface area contributed by atoms with E-state index in [1.807, 2.05) is 55.3 Å². The zero-order valence-electron chi connectivity index (χ0n) is 24.5. The molecule has 1 aromatic heterocycles. The number of piperazine rings is 1. The summed E-state index contributed by atoms with van der Waals surface area (Å²) in [5.41, 5.74) is 5.16. The van der Waals surface area contributed by atoms with E-state index in [1.165, 1.54) is 19.2 Å². The van der Waals surface area contributed by atoms with Crippen molar-refractivity contribution in [3.63, 3.8) is 0 Å². The Morgan fingerprint density at radius 3 is 2.51 bits per heavy atom. The number of benzene rings is 2. The molecule has 9 heteroatoms. The molecule has 0 spiro atoms. The Morgan fingerprint density at radius 1 is 1.02 bits per heavy atom. The third-order valence-electron chi connectivity index (χ3n) is 8.05. The molecule has 2 aliphatic rings. The number of carbonyl (C=O) groups excluding carboxylic acids is 2. The molecule has 3 aromatic rings. The second kappa shape index (κ2) is 12.7. The average Bonchev–Trinajstić information content (AvgIpc) is 3.41. The summed E-state index contributed by atoms with van der Waals surface area (Å²) < 4.78 is 46.9. The lowest BCUT2D eigenvalue weighted by atomic mass is 9.95. The maximum absolute atomic E-state index is 14.0. The highest BCUT2D eigenvalue weighted by Crippen LogP contribution is 2.34.